The van der Waals surface area contributed by atoms with Gasteiger partial charge in [-0.05, 0) is 40.9 Å². The third-order valence-corrected chi connectivity index (χ3v) is 4.02. The van der Waals surface area contributed by atoms with Crippen LogP contribution in [0.5, 0.6) is 0 Å². The van der Waals surface area contributed by atoms with Gasteiger partial charge in [0.2, 0.25) is 11.8 Å². The van der Waals surface area contributed by atoms with E-state index in [2.05, 4.69) is 26.6 Å². The Morgan fingerprint density at radius 1 is 1.15 bits per heavy atom. The van der Waals surface area contributed by atoms with Crippen LogP contribution in [0.25, 0.3) is 0 Å². The molecule has 1 rings (SSSR count). The van der Waals surface area contributed by atoms with E-state index in [9.17, 15) is 14.4 Å². The average molecular weight is 363 g/mol. The number of carboxylic acids is 1. The van der Waals surface area contributed by atoms with Gasteiger partial charge in [0.25, 0.3) is 0 Å². The van der Waals surface area contributed by atoms with Crippen molar-refractivity contribution in [3.8, 4) is 0 Å². The topological polar surface area (TPSA) is 95.5 Å². The fraction of sp³-hybridized carbons (Fsp3) is 0.417. The van der Waals surface area contributed by atoms with Crippen molar-refractivity contribution in [1.82, 2.24) is 10.6 Å². The highest BCUT2D eigenvalue weighted by molar-refractivity contribution is 9.11. The fourth-order valence-corrected chi connectivity index (χ4v) is 2.94. The monoisotopic (exact) mass is 362 g/mol. The van der Waals surface area contributed by atoms with Gasteiger partial charge >= 0.3 is 5.97 Å². The van der Waals surface area contributed by atoms with Gasteiger partial charge < -0.3 is 15.7 Å². The Balaban J connectivity index is 2.11. The lowest BCUT2D eigenvalue weighted by molar-refractivity contribution is -0.137. The van der Waals surface area contributed by atoms with Crippen LogP contribution < -0.4 is 10.6 Å². The number of nitrogens with one attached hydrogen (secondary N) is 2. The Labute approximate surface area is 128 Å². The van der Waals surface area contributed by atoms with E-state index in [-0.39, 0.29) is 12.5 Å². The van der Waals surface area contributed by atoms with Gasteiger partial charge in [-0.25, -0.2) is 0 Å². The third-order valence-electron chi connectivity index (χ3n) is 2.34. The summed E-state index contributed by atoms with van der Waals surface area (Å²) in [7, 11) is 0. The molecule has 1 aromatic heterocycles. The minimum absolute atomic E-state index is 0.198. The number of carbonyl (C=O) groups excluding carboxylic acids is 2. The molecule has 0 aromatic carbocycles. The van der Waals surface area contributed by atoms with E-state index >= 15 is 0 Å². The Hall–Kier alpha value is -1.41. The first-order valence-corrected chi connectivity index (χ1v) is 7.57. The lowest BCUT2D eigenvalue weighted by Crippen LogP contribution is -2.38. The Kier molecular flexibility index (Phi) is 7.24. The number of carboxylic acid groups (broad SMARTS) is 1. The van der Waals surface area contributed by atoms with Crippen molar-refractivity contribution in [2.75, 3.05) is 13.1 Å². The molecule has 3 N–H and O–H groups in total. The maximum absolute atomic E-state index is 11.5. The molecule has 2 amide bonds. The molecule has 1 aromatic rings. The number of hydrogen-bond donors (Lipinski definition) is 3. The fourth-order valence-electron chi connectivity index (χ4n) is 1.41. The number of carbonyl (C=O) groups is 3. The summed E-state index contributed by atoms with van der Waals surface area (Å²) in [4.78, 5) is 34.0. The summed E-state index contributed by atoms with van der Waals surface area (Å²) in [6, 6.07) is 3.97. The van der Waals surface area contributed by atoms with Gasteiger partial charge in [0.05, 0.1) is 10.3 Å². The molecule has 0 atom stereocenters. The predicted molar refractivity (Wildman–Crippen MR) is 78.6 cm³/mol. The van der Waals surface area contributed by atoms with Gasteiger partial charge in [-0.3, -0.25) is 14.4 Å². The highest BCUT2D eigenvalue weighted by atomic mass is 79.9. The summed E-state index contributed by atoms with van der Waals surface area (Å²) in [5.41, 5.74) is 0. The molecular weight excluding hydrogens is 348 g/mol. The van der Waals surface area contributed by atoms with Gasteiger partial charge in [-0.2, -0.15) is 0 Å². The molecule has 110 valence electrons. The molecule has 0 unspecified atom stereocenters. The molecule has 0 radical (unpaired) electrons. The van der Waals surface area contributed by atoms with Gasteiger partial charge in [-0.1, -0.05) is 0 Å². The molecule has 0 bridgehead atoms. The van der Waals surface area contributed by atoms with Crippen molar-refractivity contribution < 1.29 is 19.5 Å². The Bertz CT molecular complexity index is 490. The zero-order chi connectivity index (χ0) is 15.0. The molecule has 0 aliphatic rings. The molecule has 0 aliphatic heterocycles. The summed E-state index contributed by atoms with van der Waals surface area (Å²) in [5.74, 6) is -1.85. The molecule has 0 spiro atoms. The number of halogens is 1. The SMILES string of the molecule is O=C(O)CNC(=O)CNC(=O)CCCc1ccc(Br)s1. The second-order valence-corrected chi connectivity index (χ2v) is 6.55. The molecule has 0 saturated heterocycles. The summed E-state index contributed by atoms with van der Waals surface area (Å²) >= 11 is 5.00. The average Bonchev–Trinajstić information content (AvgIpc) is 2.79. The molecular formula is C12H15BrN2O4S. The van der Waals surface area contributed by atoms with Crippen molar-refractivity contribution in [2.24, 2.45) is 0 Å². The van der Waals surface area contributed by atoms with E-state index in [4.69, 9.17) is 5.11 Å². The molecule has 6 nitrogen and oxygen atoms in total. The highest BCUT2D eigenvalue weighted by Gasteiger charge is 2.07. The predicted octanol–water partition coefficient (Wildman–Crippen LogP) is 1.15. The van der Waals surface area contributed by atoms with E-state index < -0.39 is 18.4 Å². The maximum Gasteiger partial charge on any atom is 0.322 e. The van der Waals surface area contributed by atoms with E-state index in [1.54, 1.807) is 11.3 Å². The lowest BCUT2D eigenvalue weighted by Gasteiger charge is -2.05. The van der Waals surface area contributed by atoms with Crippen molar-refractivity contribution in [2.45, 2.75) is 19.3 Å². The van der Waals surface area contributed by atoms with Crippen LogP contribution in [0, 0.1) is 0 Å². The minimum Gasteiger partial charge on any atom is -0.480 e. The van der Waals surface area contributed by atoms with Gasteiger partial charge in [0.1, 0.15) is 6.54 Å². The highest BCUT2D eigenvalue weighted by Crippen LogP contribution is 2.23. The van der Waals surface area contributed by atoms with Crippen LogP contribution in [-0.4, -0.2) is 36.0 Å². The van der Waals surface area contributed by atoms with Crippen LogP contribution >= 0.6 is 27.3 Å². The van der Waals surface area contributed by atoms with Crippen LogP contribution in [0.15, 0.2) is 15.9 Å². The van der Waals surface area contributed by atoms with Gasteiger partial charge in [0.15, 0.2) is 0 Å². The van der Waals surface area contributed by atoms with Gasteiger partial charge in [-0.15, -0.1) is 11.3 Å². The first-order chi connectivity index (χ1) is 9.47. The molecule has 8 heteroatoms. The maximum atomic E-state index is 11.5. The van der Waals surface area contributed by atoms with Crippen molar-refractivity contribution in [3.63, 3.8) is 0 Å². The number of rotatable bonds is 8. The van der Waals surface area contributed by atoms with Crippen LogP contribution in [0.3, 0.4) is 0 Å². The van der Waals surface area contributed by atoms with Crippen LogP contribution in [0.1, 0.15) is 17.7 Å². The molecule has 0 fully saturated rings. The third kappa shape index (κ3) is 7.25. The van der Waals surface area contributed by atoms with Crippen molar-refractivity contribution >= 4 is 45.1 Å². The number of hydrogen-bond acceptors (Lipinski definition) is 4. The summed E-state index contributed by atoms with van der Waals surface area (Å²) in [6.07, 6.45) is 1.85. The minimum atomic E-state index is -1.12. The van der Waals surface area contributed by atoms with Crippen molar-refractivity contribution in [3.05, 3.63) is 20.8 Å². The standard InChI is InChI=1S/C12H15BrN2O4S/c13-9-5-4-8(20-9)2-1-3-10(16)14-6-11(17)15-7-12(18)19/h4-5H,1-3,6-7H2,(H,14,16)(H,15,17)(H,18,19). The molecule has 0 aliphatic carbocycles. The normalized spacial score (nSPS) is 10.1. The Morgan fingerprint density at radius 3 is 2.45 bits per heavy atom. The number of aliphatic carboxylic acids is 1. The number of thiophene rings is 1. The second-order valence-electron chi connectivity index (χ2n) is 4.01. The quantitative estimate of drug-likeness (QED) is 0.646. The Morgan fingerprint density at radius 2 is 1.85 bits per heavy atom. The van der Waals surface area contributed by atoms with E-state index in [1.807, 2.05) is 12.1 Å². The van der Waals surface area contributed by atoms with Crippen LogP contribution in [0.4, 0.5) is 0 Å². The molecule has 0 saturated carbocycles. The zero-order valence-electron chi connectivity index (χ0n) is 10.6. The lowest BCUT2D eigenvalue weighted by atomic mass is 10.2. The zero-order valence-corrected chi connectivity index (χ0v) is 13.1. The largest absolute Gasteiger partial charge is 0.480 e. The molecule has 1 heterocycles. The van der Waals surface area contributed by atoms with Crippen LogP contribution in [0.2, 0.25) is 0 Å². The van der Waals surface area contributed by atoms with E-state index in [1.165, 1.54) is 4.88 Å². The summed E-state index contributed by atoms with van der Waals surface area (Å²) in [6.45, 7) is -0.640. The van der Waals surface area contributed by atoms with Crippen LogP contribution in [-0.2, 0) is 20.8 Å². The number of aryl methyl sites for hydroxylation is 1. The van der Waals surface area contributed by atoms with Crippen molar-refractivity contribution in [1.29, 1.82) is 0 Å². The first kappa shape index (κ1) is 16.6. The van der Waals surface area contributed by atoms with E-state index in [0.717, 1.165) is 10.2 Å². The van der Waals surface area contributed by atoms with E-state index in [0.29, 0.717) is 12.8 Å². The number of amides is 2. The smallest absolute Gasteiger partial charge is 0.322 e. The molecule has 20 heavy (non-hydrogen) atoms. The second kappa shape index (κ2) is 8.70. The summed E-state index contributed by atoms with van der Waals surface area (Å²) in [5, 5.41) is 13.0. The summed E-state index contributed by atoms with van der Waals surface area (Å²) < 4.78 is 1.06. The first-order valence-electron chi connectivity index (χ1n) is 5.97. The van der Waals surface area contributed by atoms with Gasteiger partial charge in [0, 0.05) is 11.3 Å².